The standard InChI is InChI=1S/C14H17FN2O2.ClH/c15-12-1-3-13(4-2-12)19-10-14(18)17-9-11-5-7-16-8-6-11;/h1-5,16H,6-10H2,(H,17,18);1H. The molecule has 1 aliphatic heterocycles. The summed E-state index contributed by atoms with van der Waals surface area (Å²) in [6.07, 6.45) is 3.05. The summed E-state index contributed by atoms with van der Waals surface area (Å²) in [5.41, 5.74) is 1.23. The fourth-order valence-corrected chi connectivity index (χ4v) is 1.77. The van der Waals surface area contributed by atoms with Crippen molar-refractivity contribution in [3.05, 3.63) is 41.7 Å². The molecule has 1 heterocycles. The number of nitrogens with one attached hydrogen (secondary N) is 2. The Morgan fingerprint density at radius 1 is 1.35 bits per heavy atom. The first-order valence-electron chi connectivity index (χ1n) is 6.28. The van der Waals surface area contributed by atoms with Crippen LogP contribution in [0.4, 0.5) is 4.39 Å². The zero-order valence-corrected chi connectivity index (χ0v) is 11.8. The molecule has 0 bridgehead atoms. The van der Waals surface area contributed by atoms with Gasteiger partial charge >= 0.3 is 0 Å². The number of hydrogen-bond acceptors (Lipinski definition) is 3. The molecule has 0 saturated heterocycles. The SMILES string of the molecule is Cl.O=C(COc1ccc(F)cc1)NCC1=CCNCC1. The number of carbonyl (C=O) groups excluding carboxylic acids is 1. The second-order valence-corrected chi connectivity index (χ2v) is 4.34. The van der Waals surface area contributed by atoms with Crippen LogP contribution in [-0.4, -0.2) is 32.1 Å². The highest BCUT2D eigenvalue weighted by molar-refractivity contribution is 5.85. The van der Waals surface area contributed by atoms with E-state index in [1.807, 2.05) is 0 Å². The van der Waals surface area contributed by atoms with Gasteiger partial charge in [-0.25, -0.2) is 4.39 Å². The van der Waals surface area contributed by atoms with Gasteiger partial charge in [0.25, 0.3) is 5.91 Å². The summed E-state index contributed by atoms with van der Waals surface area (Å²) < 4.78 is 17.9. The molecule has 1 aromatic carbocycles. The van der Waals surface area contributed by atoms with Gasteiger partial charge in [0.1, 0.15) is 11.6 Å². The third-order valence-corrected chi connectivity index (χ3v) is 2.85. The molecule has 6 heteroatoms. The van der Waals surface area contributed by atoms with Gasteiger partial charge < -0.3 is 15.4 Å². The third kappa shape index (κ3) is 5.59. The van der Waals surface area contributed by atoms with Crippen LogP contribution in [0.2, 0.25) is 0 Å². The molecule has 1 amide bonds. The van der Waals surface area contributed by atoms with E-state index in [1.165, 1.54) is 29.8 Å². The van der Waals surface area contributed by atoms with Crippen LogP contribution in [0.1, 0.15) is 6.42 Å². The summed E-state index contributed by atoms with van der Waals surface area (Å²) in [5, 5.41) is 6.01. The average Bonchev–Trinajstić information content (AvgIpc) is 2.45. The molecule has 4 nitrogen and oxygen atoms in total. The van der Waals surface area contributed by atoms with Gasteiger partial charge in [0, 0.05) is 13.1 Å². The zero-order chi connectivity index (χ0) is 13.5. The number of halogens is 2. The summed E-state index contributed by atoms with van der Waals surface area (Å²) in [6, 6.07) is 5.59. The van der Waals surface area contributed by atoms with E-state index >= 15 is 0 Å². The summed E-state index contributed by atoms with van der Waals surface area (Å²) in [7, 11) is 0. The van der Waals surface area contributed by atoms with Crippen LogP contribution < -0.4 is 15.4 Å². The first-order valence-corrected chi connectivity index (χ1v) is 6.28. The van der Waals surface area contributed by atoms with Gasteiger partial charge in [0.05, 0.1) is 0 Å². The van der Waals surface area contributed by atoms with Gasteiger partial charge in [-0.1, -0.05) is 11.6 Å². The van der Waals surface area contributed by atoms with E-state index in [2.05, 4.69) is 16.7 Å². The first-order chi connectivity index (χ1) is 9.24. The fraction of sp³-hybridized carbons (Fsp3) is 0.357. The van der Waals surface area contributed by atoms with Crippen LogP contribution in [0.5, 0.6) is 5.75 Å². The van der Waals surface area contributed by atoms with Crippen LogP contribution in [0, 0.1) is 5.82 Å². The Hall–Kier alpha value is -1.59. The molecular formula is C14H18ClFN2O2. The molecule has 1 aromatic rings. The van der Waals surface area contributed by atoms with Crippen molar-refractivity contribution in [3.63, 3.8) is 0 Å². The van der Waals surface area contributed by atoms with Gasteiger partial charge in [-0.05, 0) is 37.2 Å². The highest BCUT2D eigenvalue weighted by Crippen LogP contribution is 2.10. The number of rotatable bonds is 5. The zero-order valence-electron chi connectivity index (χ0n) is 11.0. The lowest BCUT2D eigenvalue weighted by molar-refractivity contribution is -0.122. The van der Waals surface area contributed by atoms with Crippen molar-refractivity contribution in [2.24, 2.45) is 0 Å². The maximum atomic E-state index is 12.7. The highest BCUT2D eigenvalue weighted by Gasteiger charge is 2.06. The molecule has 110 valence electrons. The number of amides is 1. The average molecular weight is 301 g/mol. The minimum absolute atomic E-state index is 0. The second-order valence-electron chi connectivity index (χ2n) is 4.34. The van der Waals surface area contributed by atoms with E-state index in [1.54, 1.807) is 0 Å². The first kappa shape index (κ1) is 16.5. The van der Waals surface area contributed by atoms with Crippen LogP contribution in [-0.2, 0) is 4.79 Å². The van der Waals surface area contributed by atoms with Crippen molar-refractivity contribution in [1.29, 1.82) is 0 Å². The van der Waals surface area contributed by atoms with Gasteiger partial charge in [0.2, 0.25) is 0 Å². The summed E-state index contributed by atoms with van der Waals surface area (Å²) in [4.78, 5) is 11.6. The molecule has 0 atom stereocenters. The Kier molecular flexibility index (Phi) is 7.04. The van der Waals surface area contributed by atoms with Crippen LogP contribution in [0.3, 0.4) is 0 Å². The highest BCUT2D eigenvalue weighted by atomic mass is 35.5. The quantitative estimate of drug-likeness (QED) is 0.813. The Morgan fingerprint density at radius 3 is 2.75 bits per heavy atom. The molecule has 2 N–H and O–H groups in total. The molecule has 1 aliphatic rings. The Morgan fingerprint density at radius 2 is 2.10 bits per heavy atom. The van der Waals surface area contributed by atoms with Gasteiger partial charge in [0.15, 0.2) is 6.61 Å². The molecule has 0 unspecified atom stereocenters. The molecule has 0 radical (unpaired) electrons. The minimum atomic E-state index is -0.324. The fourth-order valence-electron chi connectivity index (χ4n) is 1.77. The molecule has 0 fully saturated rings. The van der Waals surface area contributed by atoms with Crippen molar-refractivity contribution < 1.29 is 13.9 Å². The smallest absolute Gasteiger partial charge is 0.258 e. The van der Waals surface area contributed by atoms with Crippen molar-refractivity contribution >= 4 is 18.3 Å². The van der Waals surface area contributed by atoms with Crippen molar-refractivity contribution in [3.8, 4) is 5.75 Å². The number of carbonyl (C=O) groups is 1. The minimum Gasteiger partial charge on any atom is -0.484 e. The van der Waals surface area contributed by atoms with E-state index in [0.717, 1.165) is 19.5 Å². The Labute approximate surface area is 123 Å². The summed E-state index contributed by atoms with van der Waals surface area (Å²) in [5.74, 6) is -0.0176. The lowest BCUT2D eigenvalue weighted by Crippen LogP contribution is -2.32. The summed E-state index contributed by atoms with van der Waals surface area (Å²) >= 11 is 0. The van der Waals surface area contributed by atoms with E-state index in [4.69, 9.17) is 4.74 Å². The maximum absolute atomic E-state index is 12.7. The Balaban J connectivity index is 0.00000200. The molecule has 0 aromatic heterocycles. The maximum Gasteiger partial charge on any atom is 0.258 e. The lowest BCUT2D eigenvalue weighted by Gasteiger charge is -2.14. The normalized spacial score (nSPS) is 13.9. The topological polar surface area (TPSA) is 50.4 Å². The van der Waals surface area contributed by atoms with Crippen molar-refractivity contribution in [2.75, 3.05) is 26.2 Å². The molecule has 20 heavy (non-hydrogen) atoms. The third-order valence-electron chi connectivity index (χ3n) is 2.85. The van der Waals surface area contributed by atoms with E-state index in [-0.39, 0.29) is 30.7 Å². The monoisotopic (exact) mass is 300 g/mol. The van der Waals surface area contributed by atoms with E-state index in [0.29, 0.717) is 12.3 Å². The number of ether oxygens (including phenoxy) is 1. The van der Waals surface area contributed by atoms with Gasteiger partial charge in [-0.3, -0.25) is 4.79 Å². The predicted molar refractivity (Wildman–Crippen MR) is 77.7 cm³/mol. The van der Waals surface area contributed by atoms with Crippen molar-refractivity contribution in [1.82, 2.24) is 10.6 Å². The molecular weight excluding hydrogens is 283 g/mol. The van der Waals surface area contributed by atoms with E-state index in [9.17, 15) is 9.18 Å². The number of hydrogen-bond donors (Lipinski definition) is 2. The predicted octanol–water partition coefficient (Wildman–Crippen LogP) is 1.66. The molecule has 2 rings (SSSR count). The molecule has 0 aliphatic carbocycles. The van der Waals surface area contributed by atoms with Crippen molar-refractivity contribution in [2.45, 2.75) is 6.42 Å². The second kappa shape index (κ2) is 8.55. The number of benzene rings is 1. The largest absolute Gasteiger partial charge is 0.484 e. The lowest BCUT2D eigenvalue weighted by atomic mass is 10.1. The van der Waals surface area contributed by atoms with Crippen LogP contribution >= 0.6 is 12.4 Å². The molecule has 0 saturated carbocycles. The van der Waals surface area contributed by atoms with Gasteiger partial charge in [-0.2, -0.15) is 0 Å². The van der Waals surface area contributed by atoms with Crippen LogP contribution in [0.15, 0.2) is 35.9 Å². The van der Waals surface area contributed by atoms with Crippen LogP contribution in [0.25, 0.3) is 0 Å². The van der Waals surface area contributed by atoms with Gasteiger partial charge in [-0.15, -0.1) is 12.4 Å². The Bertz CT molecular complexity index is 463. The van der Waals surface area contributed by atoms with E-state index < -0.39 is 0 Å². The summed E-state index contributed by atoms with van der Waals surface area (Å²) in [6.45, 7) is 2.32. The molecule has 0 spiro atoms.